The third-order valence-electron chi connectivity index (χ3n) is 3.84. The molecule has 0 aliphatic carbocycles. The lowest BCUT2D eigenvalue weighted by atomic mass is 10.1. The van der Waals surface area contributed by atoms with Crippen molar-refractivity contribution in [2.24, 2.45) is 0 Å². The van der Waals surface area contributed by atoms with Crippen molar-refractivity contribution in [3.63, 3.8) is 0 Å². The fourth-order valence-corrected chi connectivity index (χ4v) is 2.54. The van der Waals surface area contributed by atoms with Gasteiger partial charge in [0.25, 0.3) is 0 Å². The van der Waals surface area contributed by atoms with E-state index in [4.69, 9.17) is 9.15 Å². The number of aromatic nitrogens is 4. The SMILES string of the molecule is COc1ccc(-c2nnc(Cn3cc(-c4ccccc4)cn3)o2)cc1. The van der Waals surface area contributed by atoms with Crippen LogP contribution in [0.4, 0.5) is 0 Å². The Kier molecular flexibility index (Phi) is 4.00. The molecule has 0 atom stereocenters. The zero-order valence-corrected chi connectivity index (χ0v) is 13.7. The lowest BCUT2D eigenvalue weighted by Crippen LogP contribution is -1.99. The fourth-order valence-electron chi connectivity index (χ4n) is 2.54. The molecule has 0 N–H and O–H groups in total. The minimum atomic E-state index is 0.427. The van der Waals surface area contributed by atoms with Gasteiger partial charge in [0.2, 0.25) is 11.8 Å². The number of hydrogen-bond donors (Lipinski definition) is 0. The summed E-state index contributed by atoms with van der Waals surface area (Å²) < 4.78 is 12.7. The maximum absolute atomic E-state index is 5.74. The highest BCUT2D eigenvalue weighted by Crippen LogP contribution is 2.22. The summed E-state index contributed by atoms with van der Waals surface area (Å²) >= 11 is 0. The van der Waals surface area contributed by atoms with Crippen LogP contribution < -0.4 is 4.74 Å². The molecule has 0 spiro atoms. The predicted molar refractivity (Wildman–Crippen MR) is 93.1 cm³/mol. The van der Waals surface area contributed by atoms with E-state index in [2.05, 4.69) is 27.4 Å². The van der Waals surface area contributed by atoms with Gasteiger partial charge in [0.05, 0.1) is 13.3 Å². The molecule has 0 saturated heterocycles. The van der Waals surface area contributed by atoms with E-state index in [0.29, 0.717) is 18.3 Å². The topological polar surface area (TPSA) is 66.0 Å². The monoisotopic (exact) mass is 332 g/mol. The summed E-state index contributed by atoms with van der Waals surface area (Å²) in [6.07, 6.45) is 3.79. The van der Waals surface area contributed by atoms with Gasteiger partial charge in [0, 0.05) is 17.3 Å². The van der Waals surface area contributed by atoms with Crippen molar-refractivity contribution in [2.45, 2.75) is 6.54 Å². The van der Waals surface area contributed by atoms with Crippen LogP contribution in [-0.4, -0.2) is 27.1 Å². The second-order valence-electron chi connectivity index (χ2n) is 5.52. The Labute approximate surface area is 144 Å². The van der Waals surface area contributed by atoms with Gasteiger partial charge in [-0.15, -0.1) is 10.2 Å². The van der Waals surface area contributed by atoms with Gasteiger partial charge in [-0.25, -0.2) is 0 Å². The molecule has 25 heavy (non-hydrogen) atoms. The average Bonchev–Trinajstić information content (AvgIpc) is 3.33. The van der Waals surface area contributed by atoms with E-state index in [-0.39, 0.29) is 0 Å². The van der Waals surface area contributed by atoms with Crippen molar-refractivity contribution in [2.75, 3.05) is 7.11 Å². The zero-order valence-electron chi connectivity index (χ0n) is 13.7. The average molecular weight is 332 g/mol. The highest BCUT2D eigenvalue weighted by molar-refractivity contribution is 5.61. The number of hydrogen-bond acceptors (Lipinski definition) is 5. The Morgan fingerprint density at radius 2 is 1.72 bits per heavy atom. The molecule has 2 heterocycles. The molecule has 2 aromatic carbocycles. The Morgan fingerprint density at radius 1 is 0.920 bits per heavy atom. The summed E-state index contributed by atoms with van der Waals surface area (Å²) in [7, 11) is 1.63. The molecule has 0 saturated carbocycles. The lowest BCUT2D eigenvalue weighted by molar-refractivity contribution is 0.415. The number of benzene rings is 2. The zero-order chi connectivity index (χ0) is 17.1. The standard InChI is InChI=1S/C19H16N4O2/c1-24-17-9-7-15(8-10-17)19-22-21-18(25-19)13-23-12-16(11-20-23)14-5-3-2-4-6-14/h2-12H,13H2,1H3. The fraction of sp³-hybridized carbons (Fsp3) is 0.105. The molecule has 0 unspecified atom stereocenters. The van der Waals surface area contributed by atoms with E-state index in [1.165, 1.54) is 0 Å². The Hall–Kier alpha value is -3.41. The van der Waals surface area contributed by atoms with Crippen LogP contribution in [0, 0.1) is 0 Å². The Bertz CT molecular complexity index is 959. The van der Waals surface area contributed by atoms with Crippen LogP contribution in [0.3, 0.4) is 0 Å². The normalized spacial score (nSPS) is 10.8. The van der Waals surface area contributed by atoms with Crippen molar-refractivity contribution >= 4 is 0 Å². The van der Waals surface area contributed by atoms with Crippen LogP contribution in [0.25, 0.3) is 22.6 Å². The van der Waals surface area contributed by atoms with Crippen molar-refractivity contribution in [1.29, 1.82) is 0 Å². The summed E-state index contributed by atoms with van der Waals surface area (Å²) in [5.41, 5.74) is 3.03. The molecule has 2 aromatic heterocycles. The van der Waals surface area contributed by atoms with E-state index in [0.717, 1.165) is 22.4 Å². The smallest absolute Gasteiger partial charge is 0.247 e. The summed E-state index contributed by atoms with van der Waals surface area (Å²) in [6, 6.07) is 17.6. The maximum Gasteiger partial charge on any atom is 0.247 e. The van der Waals surface area contributed by atoms with E-state index >= 15 is 0 Å². The van der Waals surface area contributed by atoms with Crippen molar-refractivity contribution < 1.29 is 9.15 Å². The molecule has 0 radical (unpaired) electrons. The van der Waals surface area contributed by atoms with Crippen molar-refractivity contribution in [3.05, 3.63) is 72.9 Å². The first-order valence-electron chi connectivity index (χ1n) is 7.86. The van der Waals surface area contributed by atoms with E-state index in [1.54, 1.807) is 11.8 Å². The van der Waals surface area contributed by atoms with Gasteiger partial charge in [0.1, 0.15) is 12.3 Å². The predicted octanol–water partition coefficient (Wildman–Crippen LogP) is 3.66. The molecule has 0 aliphatic heterocycles. The number of ether oxygens (including phenoxy) is 1. The third-order valence-corrected chi connectivity index (χ3v) is 3.84. The van der Waals surface area contributed by atoms with Gasteiger partial charge >= 0.3 is 0 Å². The van der Waals surface area contributed by atoms with Gasteiger partial charge in [0.15, 0.2) is 0 Å². The molecule has 4 aromatic rings. The van der Waals surface area contributed by atoms with E-state index in [1.807, 2.05) is 54.9 Å². The second-order valence-corrected chi connectivity index (χ2v) is 5.52. The van der Waals surface area contributed by atoms with Crippen LogP contribution in [0.5, 0.6) is 5.75 Å². The molecular weight excluding hydrogens is 316 g/mol. The molecule has 4 rings (SSSR count). The largest absolute Gasteiger partial charge is 0.497 e. The van der Waals surface area contributed by atoms with Crippen LogP contribution in [0.2, 0.25) is 0 Å². The number of nitrogens with zero attached hydrogens (tertiary/aromatic N) is 4. The number of methoxy groups -OCH3 is 1. The summed E-state index contributed by atoms with van der Waals surface area (Å²) in [5, 5.41) is 12.6. The van der Waals surface area contributed by atoms with Crippen LogP contribution in [0.1, 0.15) is 5.89 Å². The molecular formula is C19H16N4O2. The summed E-state index contributed by atoms with van der Waals surface area (Å²) in [4.78, 5) is 0. The minimum Gasteiger partial charge on any atom is -0.497 e. The quantitative estimate of drug-likeness (QED) is 0.558. The molecule has 0 amide bonds. The molecule has 0 bridgehead atoms. The number of rotatable bonds is 5. The van der Waals surface area contributed by atoms with Gasteiger partial charge in [-0.3, -0.25) is 4.68 Å². The summed E-state index contributed by atoms with van der Waals surface area (Å²) in [5.74, 6) is 1.77. The molecule has 124 valence electrons. The highest BCUT2D eigenvalue weighted by atomic mass is 16.5. The lowest BCUT2D eigenvalue weighted by Gasteiger charge is -1.99. The van der Waals surface area contributed by atoms with Crippen molar-refractivity contribution in [3.8, 4) is 28.3 Å². The summed E-state index contributed by atoms with van der Waals surface area (Å²) in [6.45, 7) is 0.427. The van der Waals surface area contributed by atoms with Gasteiger partial charge in [-0.2, -0.15) is 5.10 Å². The molecule has 6 nitrogen and oxygen atoms in total. The highest BCUT2D eigenvalue weighted by Gasteiger charge is 2.10. The van der Waals surface area contributed by atoms with Gasteiger partial charge < -0.3 is 9.15 Å². The first-order valence-corrected chi connectivity index (χ1v) is 7.86. The Morgan fingerprint density at radius 3 is 2.48 bits per heavy atom. The third kappa shape index (κ3) is 3.28. The van der Waals surface area contributed by atoms with E-state index < -0.39 is 0 Å². The van der Waals surface area contributed by atoms with E-state index in [9.17, 15) is 0 Å². The Balaban J connectivity index is 1.50. The molecule has 0 aliphatic rings. The van der Waals surface area contributed by atoms with Gasteiger partial charge in [-0.05, 0) is 29.8 Å². The molecule has 0 fully saturated rings. The second kappa shape index (κ2) is 6.60. The van der Waals surface area contributed by atoms with Crippen LogP contribution >= 0.6 is 0 Å². The van der Waals surface area contributed by atoms with Gasteiger partial charge in [-0.1, -0.05) is 30.3 Å². The first-order chi connectivity index (χ1) is 12.3. The molecule has 6 heteroatoms. The van der Waals surface area contributed by atoms with Crippen LogP contribution in [-0.2, 0) is 6.54 Å². The minimum absolute atomic E-state index is 0.427. The van der Waals surface area contributed by atoms with Crippen molar-refractivity contribution in [1.82, 2.24) is 20.0 Å². The van der Waals surface area contributed by atoms with Crippen LogP contribution in [0.15, 0.2) is 71.4 Å². The maximum atomic E-state index is 5.74. The first kappa shape index (κ1) is 15.1.